The Hall–Kier alpha value is -4.20. The van der Waals surface area contributed by atoms with Crippen LogP contribution in [0.5, 0.6) is 17.2 Å². The maximum absolute atomic E-state index is 12.9. The minimum absolute atomic E-state index is 0.0812. The first kappa shape index (κ1) is 21.6. The lowest BCUT2D eigenvalue weighted by Gasteiger charge is -2.36. The molecule has 0 unspecified atom stereocenters. The van der Waals surface area contributed by atoms with Crippen LogP contribution in [0.2, 0.25) is 0 Å². The van der Waals surface area contributed by atoms with Gasteiger partial charge in [-0.25, -0.2) is 4.98 Å². The molecular weight excluding hydrogens is 432 g/mol. The summed E-state index contributed by atoms with van der Waals surface area (Å²) < 4.78 is 5.13. The molecule has 5 rings (SSSR count). The molecule has 1 aliphatic rings. The van der Waals surface area contributed by atoms with Gasteiger partial charge in [-0.3, -0.25) is 4.79 Å². The highest BCUT2D eigenvalue weighted by Crippen LogP contribution is 2.39. The van der Waals surface area contributed by atoms with Crippen LogP contribution in [0.3, 0.4) is 0 Å². The fourth-order valence-electron chi connectivity index (χ4n) is 4.36. The molecule has 0 atom stereocenters. The number of phenolic OH excluding ortho intramolecular Hbond substituents is 2. The first-order valence-corrected chi connectivity index (χ1v) is 11.1. The van der Waals surface area contributed by atoms with E-state index in [0.29, 0.717) is 24.5 Å². The largest absolute Gasteiger partial charge is 0.504 e. The first-order chi connectivity index (χ1) is 16.4. The third kappa shape index (κ3) is 3.87. The monoisotopic (exact) mass is 458 g/mol. The standard InChI is InChI=1S/C26H26N4O4/c1-16-5-3-4-6-19(16)26(33)30-11-9-29(10-12-30)18-7-8-20-21(15-18)28-25(27-20)17-13-22(31)24(32)23(14-17)34-2/h3-8,13-15,31-32H,9-12H2,1-2H3,(H,27,28). The Labute approximate surface area is 197 Å². The number of nitrogens with one attached hydrogen (secondary N) is 1. The summed E-state index contributed by atoms with van der Waals surface area (Å²) in [5.74, 6) is 0.250. The fraction of sp³-hybridized carbons (Fsp3) is 0.231. The summed E-state index contributed by atoms with van der Waals surface area (Å²) in [6.07, 6.45) is 0. The number of aryl methyl sites for hydroxylation is 1. The van der Waals surface area contributed by atoms with Crippen molar-refractivity contribution in [2.24, 2.45) is 0 Å². The molecule has 0 saturated carbocycles. The van der Waals surface area contributed by atoms with Crippen molar-refractivity contribution in [3.05, 3.63) is 65.7 Å². The Morgan fingerprint density at radius 1 is 1.03 bits per heavy atom. The summed E-state index contributed by atoms with van der Waals surface area (Å²) in [4.78, 5) is 25.0. The third-order valence-corrected chi connectivity index (χ3v) is 6.32. The Kier molecular flexibility index (Phi) is 5.49. The second-order valence-electron chi connectivity index (χ2n) is 8.43. The zero-order chi connectivity index (χ0) is 23.8. The van der Waals surface area contributed by atoms with Crippen LogP contribution in [0.4, 0.5) is 5.69 Å². The van der Waals surface area contributed by atoms with Crippen LogP contribution in [0.15, 0.2) is 54.6 Å². The van der Waals surface area contributed by atoms with Gasteiger partial charge in [-0.15, -0.1) is 0 Å². The van der Waals surface area contributed by atoms with E-state index in [4.69, 9.17) is 4.74 Å². The molecule has 174 valence electrons. The molecule has 2 heterocycles. The number of benzene rings is 3. The van der Waals surface area contributed by atoms with Crippen molar-refractivity contribution in [3.63, 3.8) is 0 Å². The van der Waals surface area contributed by atoms with E-state index in [2.05, 4.69) is 14.9 Å². The molecule has 1 saturated heterocycles. The van der Waals surface area contributed by atoms with E-state index in [1.165, 1.54) is 13.2 Å². The number of nitrogens with zero attached hydrogens (tertiary/aromatic N) is 3. The van der Waals surface area contributed by atoms with Crippen LogP contribution in [-0.2, 0) is 0 Å². The van der Waals surface area contributed by atoms with Crippen LogP contribution in [0, 0.1) is 6.92 Å². The van der Waals surface area contributed by atoms with Crippen molar-refractivity contribution in [2.45, 2.75) is 6.92 Å². The molecule has 1 amide bonds. The van der Waals surface area contributed by atoms with Gasteiger partial charge < -0.3 is 29.7 Å². The summed E-state index contributed by atoms with van der Waals surface area (Å²) in [7, 11) is 1.43. The summed E-state index contributed by atoms with van der Waals surface area (Å²) in [6, 6.07) is 16.8. The Balaban J connectivity index is 1.34. The zero-order valence-electron chi connectivity index (χ0n) is 19.1. The number of phenols is 2. The Morgan fingerprint density at radius 3 is 2.53 bits per heavy atom. The van der Waals surface area contributed by atoms with E-state index in [1.807, 2.05) is 54.3 Å². The molecule has 1 aromatic heterocycles. The van der Waals surface area contributed by atoms with Gasteiger partial charge in [0.05, 0.1) is 18.1 Å². The van der Waals surface area contributed by atoms with Gasteiger partial charge in [0.2, 0.25) is 5.75 Å². The quantitative estimate of drug-likeness (QED) is 0.401. The molecule has 3 N–H and O–H groups in total. The van der Waals surface area contributed by atoms with Gasteiger partial charge in [0.1, 0.15) is 5.82 Å². The molecule has 0 radical (unpaired) electrons. The number of carbonyl (C=O) groups is 1. The number of anilines is 1. The van der Waals surface area contributed by atoms with Crippen molar-refractivity contribution in [2.75, 3.05) is 38.2 Å². The lowest BCUT2D eigenvalue weighted by atomic mass is 10.1. The molecular formula is C26H26N4O4. The molecule has 8 nitrogen and oxygen atoms in total. The second-order valence-corrected chi connectivity index (χ2v) is 8.43. The minimum atomic E-state index is -0.301. The molecule has 0 aliphatic carbocycles. The van der Waals surface area contributed by atoms with Gasteiger partial charge >= 0.3 is 0 Å². The van der Waals surface area contributed by atoms with Crippen molar-refractivity contribution in [1.29, 1.82) is 0 Å². The number of fused-ring (bicyclic) bond motifs is 1. The van der Waals surface area contributed by atoms with Gasteiger partial charge in [0.15, 0.2) is 11.5 Å². The summed E-state index contributed by atoms with van der Waals surface area (Å²) >= 11 is 0. The number of methoxy groups -OCH3 is 1. The van der Waals surface area contributed by atoms with E-state index < -0.39 is 0 Å². The number of carbonyl (C=O) groups excluding carboxylic acids is 1. The van der Waals surface area contributed by atoms with Crippen LogP contribution in [0.25, 0.3) is 22.4 Å². The normalized spacial score (nSPS) is 13.9. The minimum Gasteiger partial charge on any atom is -0.504 e. The summed E-state index contributed by atoms with van der Waals surface area (Å²) in [6.45, 7) is 4.76. The van der Waals surface area contributed by atoms with Crippen molar-refractivity contribution >= 4 is 22.6 Å². The van der Waals surface area contributed by atoms with Gasteiger partial charge in [0.25, 0.3) is 5.91 Å². The molecule has 1 fully saturated rings. The van der Waals surface area contributed by atoms with E-state index in [9.17, 15) is 15.0 Å². The average molecular weight is 459 g/mol. The number of imidazole rings is 1. The number of hydrogen-bond acceptors (Lipinski definition) is 6. The maximum Gasteiger partial charge on any atom is 0.254 e. The summed E-state index contributed by atoms with van der Waals surface area (Å²) in [5.41, 5.74) is 5.05. The molecule has 1 aliphatic heterocycles. The number of aromatic amines is 1. The van der Waals surface area contributed by atoms with E-state index in [1.54, 1.807) is 6.07 Å². The predicted octanol–water partition coefficient (Wildman–Crippen LogP) is 3.92. The van der Waals surface area contributed by atoms with Crippen LogP contribution < -0.4 is 9.64 Å². The highest BCUT2D eigenvalue weighted by Gasteiger charge is 2.23. The zero-order valence-corrected chi connectivity index (χ0v) is 19.1. The Bertz CT molecular complexity index is 1370. The number of hydrogen-bond donors (Lipinski definition) is 3. The predicted molar refractivity (Wildman–Crippen MR) is 131 cm³/mol. The number of rotatable bonds is 4. The molecule has 4 aromatic rings. The lowest BCUT2D eigenvalue weighted by molar-refractivity contribution is 0.0746. The van der Waals surface area contributed by atoms with E-state index in [0.717, 1.165) is 40.9 Å². The van der Waals surface area contributed by atoms with Crippen LogP contribution in [0.1, 0.15) is 15.9 Å². The van der Waals surface area contributed by atoms with Crippen LogP contribution in [-0.4, -0.2) is 64.3 Å². The van der Waals surface area contributed by atoms with Gasteiger partial charge in [-0.1, -0.05) is 18.2 Å². The van der Waals surface area contributed by atoms with E-state index >= 15 is 0 Å². The maximum atomic E-state index is 12.9. The first-order valence-electron chi connectivity index (χ1n) is 11.1. The van der Waals surface area contributed by atoms with Gasteiger partial charge in [0, 0.05) is 43.0 Å². The fourth-order valence-corrected chi connectivity index (χ4v) is 4.36. The molecule has 3 aromatic carbocycles. The topological polar surface area (TPSA) is 102 Å². The molecule has 0 bridgehead atoms. The number of piperazine rings is 1. The Morgan fingerprint density at radius 2 is 1.79 bits per heavy atom. The number of ether oxygens (including phenoxy) is 1. The average Bonchev–Trinajstić information content (AvgIpc) is 3.29. The highest BCUT2D eigenvalue weighted by molar-refractivity contribution is 5.95. The third-order valence-electron chi connectivity index (χ3n) is 6.32. The summed E-state index contributed by atoms with van der Waals surface area (Å²) in [5, 5.41) is 19.9. The lowest BCUT2D eigenvalue weighted by Crippen LogP contribution is -2.48. The number of H-pyrrole nitrogens is 1. The van der Waals surface area contributed by atoms with Gasteiger partial charge in [-0.2, -0.15) is 0 Å². The van der Waals surface area contributed by atoms with Crippen molar-refractivity contribution in [1.82, 2.24) is 14.9 Å². The SMILES string of the molecule is COc1cc(-c2nc3cc(N4CCN(C(=O)c5ccccc5C)CC4)ccc3[nH]2)cc(O)c1O. The molecule has 0 spiro atoms. The highest BCUT2D eigenvalue weighted by atomic mass is 16.5. The van der Waals surface area contributed by atoms with Crippen molar-refractivity contribution < 1.29 is 19.7 Å². The molecule has 8 heteroatoms. The smallest absolute Gasteiger partial charge is 0.254 e. The van der Waals surface area contributed by atoms with Crippen LogP contribution >= 0.6 is 0 Å². The molecule has 34 heavy (non-hydrogen) atoms. The van der Waals surface area contributed by atoms with E-state index in [-0.39, 0.29) is 23.2 Å². The number of aromatic hydroxyl groups is 2. The van der Waals surface area contributed by atoms with Crippen molar-refractivity contribution in [3.8, 4) is 28.6 Å². The number of aromatic nitrogens is 2. The second kappa shape index (κ2) is 8.62. The van der Waals surface area contributed by atoms with Gasteiger partial charge in [-0.05, 0) is 48.9 Å². The number of amides is 1.